The third-order valence-corrected chi connectivity index (χ3v) is 6.10. The Kier molecular flexibility index (Phi) is 5.51. The largest absolute Gasteiger partial charge is 0.480 e. The summed E-state index contributed by atoms with van der Waals surface area (Å²) in [5, 5.41) is 7.40. The molecule has 0 unspecified atom stereocenters. The van der Waals surface area contributed by atoms with Crippen LogP contribution >= 0.6 is 0 Å². The van der Waals surface area contributed by atoms with Gasteiger partial charge in [-0.3, -0.25) is 14.3 Å². The summed E-state index contributed by atoms with van der Waals surface area (Å²) in [5.74, 6) is 0.894. The van der Waals surface area contributed by atoms with Crippen molar-refractivity contribution in [2.24, 2.45) is 13.0 Å². The second-order valence-corrected chi connectivity index (χ2v) is 8.65. The summed E-state index contributed by atoms with van der Waals surface area (Å²) in [6.07, 6.45) is 4.46. The van der Waals surface area contributed by atoms with Gasteiger partial charge in [0.05, 0.1) is 11.3 Å². The van der Waals surface area contributed by atoms with Crippen LogP contribution in [-0.4, -0.2) is 39.6 Å². The number of allylic oxidation sites excluding steroid dienone is 3. The molecule has 1 saturated carbocycles. The third kappa shape index (κ3) is 4.29. The van der Waals surface area contributed by atoms with Crippen LogP contribution < -0.4 is 5.32 Å². The summed E-state index contributed by atoms with van der Waals surface area (Å²) < 4.78 is 7.72. The monoisotopic (exact) mass is 442 g/mol. The highest BCUT2D eigenvalue weighted by atomic mass is 16.5. The molecule has 1 fully saturated rings. The lowest BCUT2D eigenvalue weighted by Gasteiger charge is -2.24. The number of aromatic nitrogens is 2. The molecule has 0 atom stereocenters. The van der Waals surface area contributed by atoms with Crippen molar-refractivity contribution in [3.05, 3.63) is 81.7 Å². The molecular formula is C26H26N4O3. The van der Waals surface area contributed by atoms with E-state index >= 15 is 0 Å². The maximum atomic E-state index is 13.7. The highest BCUT2D eigenvalue weighted by Crippen LogP contribution is 2.42. The second kappa shape index (κ2) is 8.62. The Bertz CT molecular complexity index is 1250. The molecule has 0 bridgehead atoms. The van der Waals surface area contributed by atoms with Crippen LogP contribution in [0.4, 0.5) is 0 Å². The number of ether oxygens (including phenoxy) is 1. The van der Waals surface area contributed by atoms with Gasteiger partial charge in [-0.25, -0.2) is 0 Å². The fraction of sp³-hybridized carbons (Fsp3) is 0.346. The van der Waals surface area contributed by atoms with Crippen molar-refractivity contribution in [1.29, 1.82) is 0 Å². The molecule has 1 N–H and O–H groups in total. The molecule has 5 rings (SSSR count). The van der Waals surface area contributed by atoms with E-state index in [1.165, 1.54) is 19.8 Å². The van der Waals surface area contributed by atoms with Crippen LogP contribution in [0.5, 0.6) is 0 Å². The van der Waals surface area contributed by atoms with E-state index in [4.69, 9.17) is 4.74 Å². The quantitative estimate of drug-likeness (QED) is 0.669. The Balaban J connectivity index is 1.46. The maximum Gasteiger partial charge on any atom is 0.275 e. The summed E-state index contributed by atoms with van der Waals surface area (Å²) in [7, 11) is 1.86. The minimum Gasteiger partial charge on any atom is -0.480 e. The molecule has 33 heavy (non-hydrogen) atoms. The predicted octanol–water partition coefficient (Wildman–Crippen LogP) is 3.10. The van der Waals surface area contributed by atoms with Crippen molar-refractivity contribution >= 4 is 17.4 Å². The number of benzene rings is 1. The minimum absolute atomic E-state index is 0.123. The van der Waals surface area contributed by atoms with Crippen LogP contribution in [-0.2, 0) is 29.7 Å². The Morgan fingerprint density at radius 2 is 2.03 bits per heavy atom. The molecule has 1 aliphatic heterocycles. The predicted molar refractivity (Wildman–Crippen MR) is 123 cm³/mol. The zero-order valence-electron chi connectivity index (χ0n) is 18.9. The molecule has 1 aromatic heterocycles. The van der Waals surface area contributed by atoms with Gasteiger partial charge in [0.15, 0.2) is 11.5 Å². The summed E-state index contributed by atoms with van der Waals surface area (Å²) in [4.78, 5) is 26.8. The molecule has 7 heteroatoms. The molecule has 168 valence electrons. The first-order valence-electron chi connectivity index (χ1n) is 11.3. The minimum atomic E-state index is -0.179. The van der Waals surface area contributed by atoms with Gasteiger partial charge in [-0.1, -0.05) is 36.1 Å². The third-order valence-electron chi connectivity index (χ3n) is 6.10. The number of rotatable bonds is 7. The molecule has 2 aromatic rings. The van der Waals surface area contributed by atoms with E-state index in [-0.39, 0.29) is 18.4 Å². The first-order chi connectivity index (χ1) is 16.0. The van der Waals surface area contributed by atoms with E-state index in [1.807, 2.05) is 37.4 Å². The zero-order valence-corrected chi connectivity index (χ0v) is 18.9. The van der Waals surface area contributed by atoms with Crippen molar-refractivity contribution in [3.8, 4) is 0 Å². The van der Waals surface area contributed by atoms with Crippen molar-refractivity contribution in [1.82, 2.24) is 20.0 Å². The molecule has 0 spiro atoms. The average Bonchev–Trinajstić information content (AvgIpc) is 3.61. The Labute approximate surface area is 192 Å². The first kappa shape index (κ1) is 21.1. The second-order valence-electron chi connectivity index (χ2n) is 8.65. The molecule has 2 amide bonds. The smallest absolute Gasteiger partial charge is 0.275 e. The number of hydrogen-bond acceptors (Lipinski definition) is 4. The lowest BCUT2D eigenvalue weighted by molar-refractivity contribution is -0.119. The first-order valence-corrected chi connectivity index (χ1v) is 11.3. The van der Waals surface area contributed by atoms with Crippen molar-refractivity contribution in [3.63, 3.8) is 0 Å². The van der Waals surface area contributed by atoms with Gasteiger partial charge in [0.2, 0.25) is 5.91 Å². The number of nitrogens with zero attached hydrogens (tertiary/aromatic N) is 3. The van der Waals surface area contributed by atoms with Crippen LogP contribution in [0.15, 0.2) is 59.2 Å². The van der Waals surface area contributed by atoms with Crippen LogP contribution in [0.3, 0.4) is 0 Å². The number of fused-ring (bicyclic) bond motifs is 3. The fourth-order valence-electron chi connectivity index (χ4n) is 4.29. The number of aryl methyl sites for hydroxylation is 1. The van der Waals surface area contributed by atoms with E-state index in [0.717, 1.165) is 28.0 Å². The number of carbonyl (C=O) groups is 2. The summed E-state index contributed by atoms with van der Waals surface area (Å²) in [5.41, 5.74) is 11.5. The van der Waals surface area contributed by atoms with Gasteiger partial charge >= 0.3 is 0 Å². The Morgan fingerprint density at radius 3 is 2.76 bits per heavy atom. The molecule has 1 aromatic carbocycles. The lowest BCUT2D eigenvalue weighted by Crippen LogP contribution is -2.38. The Hall–Kier alpha value is -3.79. The van der Waals surface area contributed by atoms with E-state index in [1.54, 1.807) is 9.58 Å². The molecule has 0 saturated heterocycles. The van der Waals surface area contributed by atoms with Gasteiger partial charge in [0.25, 0.3) is 5.91 Å². The van der Waals surface area contributed by atoms with Crippen molar-refractivity contribution in [2.45, 2.75) is 32.9 Å². The van der Waals surface area contributed by atoms with Gasteiger partial charge in [0.1, 0.15) is 6.61 Å². The molecular weight excluding hydrogens is 416 g/mol. The lowest BCUT2D eigenvalue weighted by atomic mass is 9.96. The summed E-state index contributed by atoms with van der Waals surface area (Å²) in [6, 6.07) is 9.81. The van der Waals surface area contributed by atoms with E-state index in [9.17, 15) is 9.59 Å². The van der Waals surface area contributed by atoms with Gasteiger partial charge in [-0.05, 0) is 36.1 Å². The highest BCUT2D eigenvalue weighted by Gasteiger charge is 2.34. The number of amides is 2. The van der Waals surface area contributed by atoms with Crippen LogP contribution in [0.1, 0.15) is 47.1 Å². The van der Waals surface area contributed by atoms with Crippen molar-refractivity contribution < 1.29 is 14.3 Å². The maximum absolute atomic E-state index is 13.7. The van der Waals surface area contributed by atoms with Crippen LogP contribution in [0.2, 0.25) is 0 Å². The molecule has 0 radical (unpaired) electrons. The van der Waals surface area contributed by atoms with Gasteiger partial charge < -0.3 is 15.0 Å². The van der Waals surface area contributed by atoms with Gasteiger partial charge in [-0.15, -0.1) is 0 Å². The molecule has 2 aliphatic carbocycles. The summed E-state index contributed by atoms with van der Waals surface area (Å²) >= 11 is 0. The molecule has 2 heterocycles. The van der Waals surface area contributed by atoms with Crippen LogP contribution in [0, 0.1) is 5.92 Å². The molecule has 3 aliphatic rings. The highest BCUT2D eigenvalue weighted by molar-refractivity contribution is 5.96. The van der Waals surface area contributed by atoms with E-state index in [0.29, 0.717) is 37.0 Å². The van der Waals surface area contributed by atoms with Gasteiger partial charge in [0, 0.05) is 44.7 Å². The van der Waals surface area contributed by atoms with E-state index in [2.05, 4.69) is 28.0 Å². The number of nitrogens with one attached hydrogen (secondary N) is 1. The summed E-state index contributed by atoms with van der Waals surface area (Å²) in [6.45, 7) is 2.91. The van der Waals surface area contributed by atoms with Gasteiger partial charge in [-0.2, -0.15) is 5.10 Å². The average molecular weight is 443 g/mol. The number of hydrogen-bond donors (Lipinski definition) is 1. The fourth-order valence-corrected chi connectivity index (χ4v) is 4.29. The van der Waals surface area contributed by atoms with Crippen LogP contribution in [0.25, 0.3) is 5.57 Å². The topological polar surface area (TPSA) is 76.5 Å². The normalized spacial score (nSPS) is 16.0. The van der Waals surface area contributed by atoms with E-state index < -0.39 is 0 Å². The molecule has 7 nitrogen and oxygen atoms in total. The number of carbonyl (C=O) groups excluding carboxylic acids is 2. The Morgan fingerprint density at radius 1 is 1.24 bits per heavy atom. The zero-order chi connectivity index (χ0) is 22.9. The van der Waals surface area contributed by atoms with Crippen molar-refractivity contribution in [2.75, 3.05) is 13.1 Å². The standard InChI is InChI=1S/C26H26N4O3/c1-17(31)27-12-13-30(15-18-6-4-3-5-7-18)26(32)24-22-16-33-23-11-10-20(19-8-9-19)14-21(23)25(22)29(2)28-24/h3-7,14,19H,8-9,12-13,15-16H2,1-2H3,(H,27,31). The SMILES string of the molecule is CC(=O)NCCN(Cc1ccccc1)C(=O)c1nn(C)c2c1COC1=C=C=C(C3CC3)C=C12.